The van der Waals surface area contributed by atoms with E-state index in [2.05, 4.69) is 31.5 Å². The van der Waals surface area contributed by atoms with Crippen LogP contribution >= 0.6 is 0 Å². The van der Waals surface area contributed by atoms with Gasteiger partial charge in [0.05, 0.1) is 0 Å². The molecule has 1 heterocycles. The van der Waals surface area contributed by atoms with Crippen molar-refractivity contribution in [2.45, 2.75) is 19.4 Å². The molecule has 2 aromatic carbocycles. The average Bonchev–Trinajstić information content (AvgIpc) is 3.21. The molecule has 0 aliphatic rings. The Morgan fingerprint density at radius 2 is 1.79 bits per heavy atom. The molecule has 9 nitrogen and oxygen atoms in total. The summed E-state index contributed by atoms with van der Waals surface area (Å²) in [5, 5.41) is 19.4. The second-order valence-electron chi connectivity index (χ2n) is 6.05. The molecule has 3 N–H and O–H groups in total. The summed E-state index contributed by atoms with van der Waals surface area (Å²) in [5.41, 5.74) is 2.13. The highest BCUT2D eigenvalue weighted by molar-refractivity contribution is 5.95. The lowest BCUT2D eigenvalue weighted by atomic mass is 10.1. The van der Waals surface area contributed by atoms with Crippen LogP contribution in [0, 0.1) is 0 Å². The van der Waals surface area contributed by atoms with E-state index >= 15 is 0 Å². The molecule has 0 aliphatic carbocycles. The van der Waals surface area contributed by atoms with Gasteiger partial charge >= 0.3 is 6.03 Å². The fourth-order valence-electron chi connectivity index (χ4n) is 2.69. The highest BCUT2D eigenvalue weighted by atomic mass is 16.2. The Morgan fingerprint density at radius 1 is 1.04 bits per heavy atom. The minimum Gasteiger partial charge on any atom is -0.338 e. The van der Waals surface area contributed by atoms with Gasteiger partial charge in [-0.25, -0.2) is 9.48 Å². The minimum absolute atomic E-state index is 0.258. The first-order valence-electron chi connectivity index (χ1n) is 8.88. The quantitative estimate of drug-likeness (QED) is 0.582. The normalized spacial score (nSPS) is 11.5. The van der Waals surface area contributed by atoms with Crippen molar-refractivity contribution >= 4 is 23.3 Å². The van der Waals surface area contributed by atoms with Crippen LogP contribution in [-0.2, 0) is 11.2 Å². The number of hydrogen-bond acceptors (Lipinski definition) is 5. The predicted molar refractivity (Wildman–Crippen MR) is 105 cm³/mol. The Labute approximate surface area is 162 Å². The maximum Gasteiger partial charge on any atom is 0.319 e. The Bertz CT molecular complexity index is 913. The summed E-state index contributed by atoms with van der Waals surface area (Å²) in [6.07, 6.45) is 1.86. The number of benzene rings is 2. The Kier molecular flexibility index (Phi) is 6.29. The van der Waals surface area contributed by atoms with Gasteiger partial charge in [0.25, 0.3) is 0 Å². The van der Waals surface area contributed by atoms with Crippen LogP contribution < -0.4 is 16.0 Å². The third-order valence-electron chi connectivity index (χ3n) is 3.98. The molecule has 28 heavy (non-hydrogen) atoms. The molecule has 0 radical (unpaired) electrons. The number of carbonyl (C=O) groups excluding carboxylic acids is 2. The molecule has 3 rings (SSSR count). The van der Waals surface area contributed by atoms with Crippen LogP contribution in [0.25, 0.3) is 0 Å². The predicted octanol–water partition coefficient (Wildman–Crippen LogP) is 2.24. The SMILES string of the molecule is CCNC(=O)Nc1cccc(NC(=O)C(Cc2ccccc2)n2cnnn2)c1. The molecule has 0 spiro atoms. The molecule has 1 atom stereocenters. The zero-order valence-corrected chi connectivity index (χ0v) is 15.4. The highest BCUT2D eigenvalue weighted by Crippen LogP contribution is 2.19. The molecule has 3 aromatic rings. The number of amides is 3. The average molecular weight is 379 g/mol. The highest BCUT2D eigenvalue weighted by Gasteiger charge is 2.22. The van der Waals surface area contributed by atoms with E-state index in [1.54, 1.807) is 24.3 Å². The summed E-state index contributed by atoms with van der Waals surface area (Å²) in [6.45, 7) is 2.36. The maximum absolute atomic E-state index is 12.9. The number of urea groups is 1. The van der Waals surface area contributed by atoms with Crippen molar-refractivity contribution in [2.24, 2.45) is 0 Å². The molecule has 0 bridgehead atoms. The number of rotatable bonds is 7. The van der Waals surface area contributed by atoms with Crippen LogP contribution in [0.2, 0.25) is 0 Å². The van der Waals surface area contributed by atoms with E-state index < -0.39 is 6.04 Å². The van der Waals surface area contributed by atoms with E-state index in [1.165, 1.54) is 11.0 Å². The van der Waals surface area contributed by atoms with Crippen LogP contribution in [0.5, 0.6) is 0 Å². The lowest BCUT2D eigenvalue weighted by Crippen LogP contribution is -2.29. The second kappa shape index (κ2) is 9.26. The minimum atomic E-state index is -0.614. The van der Waals surface area contributed by atoms with Gasteiger partial charge in [0.2, 0.25) is 5.91 Å². The number of carbonyl (C=O) groups is 2. The number of hydrogen-bond donors (Lipinski definition) is 3. The first-order chi connectivity index (χ1) is 13.7. The zero-order valence-electron chi connectivity index (χ0n) is 15.4. The third kappa shape index (κ3) is 5.13. The van der Waals surface area contributed by atoms with E-state index in [9.17, 15) is 9.59 Å². The first kappa shape index (κ1) is 19.0. The van der Waals surface area contributed by atoms with Crippen molar-refractivity contribution in [3.63, 3.8) is 0 Å². The van der Waals surface area contributed by atoms with E-state index in [-0.39, 0.29) is 11.9 Å². The number of nitrogens with one attached hydrogen (secondary N) is 3. The van der Waals surface area contributed by atoms with E-state index in [0.29, 0.717) is 24.3 Å². The van der Waals surface area contributed by atoms with Gasteiger partial charge in [0, 0.05) is 24.3 Å². The molecule has 0 saturated heterocycles. The van der Waals surface area contributed by atoms with Gasteiger partial charge < -0.3 is 16.0 Å². The van der Waals surface area contributed by atoms with E-state index in [0.717, 1.165) is 5.56 Å². The molecular formula is C19H21N7O2. The van der Waals surface area contributed by atoms with Gasteiger partial charge in [-0.1, -0.05) is 36.4 Å². The number of tetrazole rings is 1. The molecule has 0 saturated carbocycles. The van der Waals surface area contributed by atoms with Crippen molar-refractivity contribution in [3.05, 3.63) is 66.5 Å². The van der Waals surface area contributed by atoms with Crippen molar-refractivity contribution in [3.8, 4) is 0 Å². The number of anilines is 2. The molecule has 144 valence electrons. The first-order valence-corrected chi connectivity index (χ1v) is 8.88. The van der Waals surface area contributed by atoms with Crippen LogP contribution in [0.4, 0.5) is 16.2 Å². The molecule has 9 heteroatoms. The topological polar surface area (TPSA) is 114 Å². The summed E-state index contributed by atoms with van der Waals surface area (Å²) in [4.78, 5) is 24.6. The zero-order chi connectivity index (χ0) is 19.8. The number of nitrogens with zero attached hydrogens (tertiary/aromatic N) is 4. The summed E-state index contributed by atoms with van der Waals surface area (Å²) >= 11 is 0. The second-order valence-corrected chi connectivity index (χ2v) is 6.05. The molecule has 1 aromatic heterocycles. The van der Waals surface area contributed by atoms with Crippen LogP contribution in [-0.4, -0.2) is 38.7 Å². The molecule has 0 fully saturated rings. The maximum atomic E-state index is 12.9. The lowest BCUT2D eigenvalue weighted by molar-refractivity contribution is -0.119. The van der Waals surface area contributed by atoms with Crippen molar-refractivity contribution in [1.29, 1.82) is 0 Å². The van der Waals surface area contributed by atoms with Gasteiger partial charge in [-0.15, -0.1) is 5.10 Å². The van der Waals surface area contributed by atoms with E-state index in [1.807, 2.05) is 37.3 Å². The smallest absolute Gasteiger partial charge is 0.319 e. The fourth-order valence-corrected chi connectivity index (χ4v) is 2.69. The van der Waals surface area contributed by atoms with Crippen LogP contribution in [0.3, 0.4) is 0 Å². The molecule has 1 unspecified atom stereocenters. The van der Waals surface area contributed by atoms with Crippen LogP contribution in [0.15, 0.2) is 60.9 Å². The molecular weight excluding hydrogens is 358 g/mol. The van der Waals surface area contributed by atoms with Crippen molar-refractivity contribution in [1.82, 2.24) is 25.5 Å². The third-order valence-corrected chi connectivity index (χ3v) is 3.98. The van der Waals surface area contributed by atoms with Gasteiger partial charge in [-0.3, -0.25) is 4.79 Å². The largest absolute Gasteiger partial charge is 0.338 e. The van der Waals surface area contributed by atoms with Crippen molar-refractivity contribution in [2.75, 3.05) is 17.2 Å². The Morgan fingerprint density at radius 3 is 2.46 bits per heavy atom. The Balaban J connectivity index is 1.74. The Hall–Kier alpha value is -3.75. The summed E-state index contributed by atoms with van der Waals surface area (Å²) in [7, 11) is 0. The molecule has 3 amide bonds. The summed E-state index contributed by atoms with van der Waals surface area (Å²) in [5.74, 6) is -0.258. The standard InChI is InChI=1S/C19H21N7O2/c1-2-20-19(28)23-16-10-6-9-15(12-16)22-18(27)17(26-13-21-24-25-26)11-14-7-4-3-5-8-14/h3-10,12-13,17H,2,11H2,1H3,(H,22,27)(H2,20,23,28). The molecule has 0 aliphatic heterocycles. The van der Waals surface area contributed by atoms with E-state index in [4.69, 9.17) is 0 Å². The lowest BCUT2D eigenvalue weighted by Gasteiger charge is -2.17. The van der Waals surface area contributed by atoms with Gasteiger partial charge in [0.15, 0.2) is 0 Å². The van der Waals surface area contributed by atoms with Gasteiger partial charge in [-0.05, 0) is 41.1 Å². The number of aromatic nitrogens is 4. The summed E-state index contributed by atoms with van der Waals surface area (Å²) in [6, 6.07) is 15.7. The monoisotopic (exact) mass is 379 g/mol. The van der Waals surface area contributed by atoms with Crippen LogP contribution in [0.1, 0.15) is 18.5 Å². The summed E-state index contributed by atoms with van der Waals surface area (Å²) < 4.78 is 1.43. The van der Waals surface area contributed by atoms with Crippen molar-refractivity contribution < 1.29 is 9.59 Å². The van der Waals surface area contributed by atoms with Gasteiger partial charge in [0.1, 0.15) is 12.4 Å². The van der Waals surface area contributed by atoms with Gasteiger partial charge in [-0.2, -0.15) is 0 Å². The fraction of sp³-hybridized carbons (Fsp3) is 0.211.